The number of allylic oxidation sites excluding steroid dienone is 3. The van der Waals surface area contributed by atoms with E-state index in [0.717, 1.165) is 50.5 Å². The molecule has 0 radical (unpaired) electrons. The number of aliphatic carboxylic acids is 1. The summed E-state index contributed by atoms with van der Waals surface area (Å²) in [4.78, 5) is 10.2. The van der Waals surface area contributed by atoms with Crippen molar-refractivity contribution in [3.8, 4) is 6.07 Å². The van der Waals surface area contributed by atoms with Gasteiger partial charge in [0.25, 0.3) is 0 Å². The molecule has 17 heavy (non-hydrogen) atoms. The number of nitrogens with zero attached hydrogens (tertiary/aromatic N) is 1. The number of carbonyl (C=O) groups is 1. The average Bonchev–Trinajstić information content (AvgIpc) is 2.34. The van der Waals surface area contributed by atoms with Crippen molar-refractivity contribution in [2.24, 2.45) is 11.8 Å². The second-order valence-corrected chi connectivity index (χ2v) is 4.55. The first-order valence-corrected chi connectivity index (χ1v) is 6.18. The molecule has 0 aromatic carbocycles. The van der Waals surface area contributed by atoms with Crippen molar-refractivity contribution >= 4 is 5.97 Å². The maximum Gasteiger partial charge on any atom is 0.328 e. The largest absolute Gasteiger partial charge is 0.478 e. The van der Waals surface area contributed by atoms with Crippen LogP contribution in [0.4, 0.5) is 0 Å². The molecule has 0 atom stereocenters. The molecule has 1 aliphatic carbocycles. The summed E-state index contributed by atoms with van der Waals surface area (Å²) in [6, 6.07) is 2.34. The van der Waals surface area contributed by atoms with E-state index in [0.29, 0.717) is 0 Å². The van der Waals surface area contributed by atoms with Crippen LogP contribution in [0.3, 0.4) is 0 Å². The molecule has 1 fully saturated rings. The molecule has 0 aliphatic heterocycles. The Kier molecular flexibility index (Phi) is 6.09. The molecule has 1 rings (SSSR count). The predicted octanol–water partition coefficient (Wildman–Crippen LogP) is 3.29. The predicted molar refractivity (Wildman–Crippen MR) is 66.2 cm³/mol. The maximum absolute atomic E-state index is 10.2. The zero-order chi connectivity index (χ0) is 12.5. The van der Waals surface area contributed by atoms with Gasteiger partial charge in [-0.05, 0) is 44.4 Å². The van der Waals surface area contributed by atoms with Crippen LogP contribution in [-0.4, -0.2) is 11.1 Å². The summed E-state index contributed by atoms with van der Waals surface area (Å²) in [6.45, 7) is 0. The minimum Gasteiger partial charge on any atom is -0.478 e. The number of hydrogen-bond donors (Lipinski definition) is 1. The Hall–Kier alpha value is -1.56. The fourth-order valence-corrected chi connectivity index (χ4v) is 2.22. The Balaban J connectivity index is 2.12. The molecule has 1 N–H and O–H groups in total. The highest BCUT2D eigenvalue weighted by atomic mass is 16.4. The van der Waals surface area contributed by atoms with Gasteiger partial charge in [0, 0.05) is 12.0 Å². The third kappa shape index (κ3) is 5.91. The van der Waals surface area contributed by atoms with Gasteiger partial charge in [-0.1, -0.05) is 18.2 Å². The second kappa shape index (κ2) is 7.67. The van der Waals surface area contributed by atoms with Crippen LogP contribution in [0.15, 0.2) is 24.3 Å². The van der Waals surface area contributed by atoms with E-state index in [1.807, 2.05) is 6.08 Å². The van der Waals surface area contributed by atoms with Crippen molar-refractivity contribution in [2.45, 2.75) is 38.5 Å². The molecule has 0 amide bonds. The molecule has 0 heterocycles. The topological polar surface area (TPSA) is 61.1 Å². The molecule has 0 aromatic heterocycles. The summed E-state index contributed by atoms with van der Waals surface area (Å²) in [5.74, 6) is 0.109. The van der Waals surface area contributed by atoms with Gasteiger partial charge < -0.3 is 5.11 Å². The minimum absolute atomic E-state index is 0.278. The summed E-state index contributed by atoms with van der Waals surface area (Å²) >= 11 is 0. The Bertz CT molecular complexity index is 331. The van der Waals surface area contributed by atoms with Crippen molar-refractivity contribution < 1.29 is 9.90 Å². The van der Waals surface area contributed by atoms with E-state index in [1.54, 1.807) is 12.2 Å². The van der Waals surface area contributed by atoms with E-state index < -0.39 is 5.97 Å². The Labute approximate surface area is 102 Å². The maximum atomic E-state index is 10.2. The molecular formula is C14H19NO2. The van der Waals surface area contributed by atoms with Crippen molar-refractivity contribution in [1.29, 1.82) is 5.26 Å². The number of carboxylic acid groups (broad SMARTS) is 1. The van der Waals surface area contributed by atoms with Crippen molar-refractivity contribution in [3.05, 3.63) is 24.3 Å². The summed E-state index contributed by atoms with van der Waals surface area (Å²) in [7, 11) is 0. The molecule has 1 saturated carbocycles. The summed E-state index contributed by atoms with van der Waals surface area (Å²) in [6.07, 6.45) is 13.0. The number of carboxylic acids is 1. The first-order valence-electron chi connectivity index (χ1n) is 6.18. The summed E-state index contributed by atoms with van der Waals surface area (Å²) < 4.78 is 0. The zero-order valence-electron chi connectivity index (χ0n) is 10.0. The summed E-state index contributed by atoms with van der Waals surface area (Å²) in [5.41, 5.74) is 0. The van der Waals surface area contributed by atoms with E-state index in [9.17, 15) is 4.79 Å². The van der Waals surface area contributed by atoms with E-state index in [-0.39, 0.29) is 5.92 Å². The monoisotopic (exact) mass is 233 g/mol. The van der Waals surface area contributed by atoms with Gasteiger partial charge in [-0.15, -0.1) is 0 Å². The van der Waals surface area contributed by atoms with Crippen LogP contribution in [0.1, 0.15) is 38.5 Å². The van der Waals surface area contributed by atoms with Gasteiger partial charge in [-0.25, -0.2) is 4.79 Å². The zero-order valence-corrected chi connectivity index (χ0v) is 10.0. The highest BCUT2D eigenvalue weighted by Gasteiger charge is 2.19. The molecule has 0 spiro atoms. The lowest BCUT2D eigenvalue weighted by molar-refractivity contribution is -0.131. The number of nitriles is 1. The summed E-state index contributed by atoms with van der Waals surface area (Å²) in [5, 5.41) is 17.2. The van der Waals surface area contributed by atoms with Crippen molar-refractivity contribution in [1.82, 2.24) is 0 Å². The minimum atomic E-state index is -0.913. The molecule has 0 saturated heterocycles. The molecule has 0 unspecified atom stereocenters. The fourth-order valence-electron chi connectivity index (χ4n) is 2.22. The van der Waals surface area contributed by atoms with Crippen LogP contribution in [0, 0.1) is 23.2 Å². The van der Waals surface area contributed by atoms with E-state index in [2.05, 4.69) is 6.07 Å². The van der Waals surface area contributed by atoms with Crippen LogP contribution in [0.5, 0.6) is 0 Å². The highest BCUT2D eigenvalue weighted by Crippen LogP contribution is 2.31. The lowest BCUT2D eigenvalue weighted by atomic mass is 9.81. The lowest BCUT2D eigenvalue weighted by Crippen LogP contribution is -2.12. The molecule has 1 aliphatic rings. The molecule has 0 aromatic rings. The highest BCUT2D eigenvalue weighted by molar-refractivity contribution is 5.80. The van der Waals surface area contributed by atoms with Gasteiger partial charge >= 0.3 is 5.97 Å². The van der Waals surface area contributed by atoms with Gasteiger partial charge in [0.05, 0.1) is 6.07 Å². The van der Waals surface area contributed by atoms with Gasteiger partial charge in [0.15, 0.2) is 0 Å². The van der Waals surface area contributed by atoms with Crippen molar-refractivity contribution in [2.75, 3.05) is 0 Å². The van der Waals surface area contributed by atoms with Crippen LogP contribution < -0.4 is 0 Å². The Morgan fingerprint density at radius 3 is 2.59 bits per heavy atom. The SMILES string of the molecule is N#CC1CCC(CCC=CC=CC(=O)O)CC1. The van der Waals surface area contributed by atoms with Crippen LogP contribution in [0.25, 0.3) is 0 Å². The fraction of sp³-hybridized carbons (Fsp3) is 0.571. The van der Waals surface area contributed by atoms with E-state index in [1.165, 1.54) is 0 Å². The lowest BCUT2D eigenvalue weighted by Gasteiger charge is -2.24. The second-order valence-electron chi connectivity index (χ2n) is 4.55. The van der Waals surface area contributed by atoms with Gasteiger partial charge in [0.1, 0.15) is 0 Å². The quantitative estimate of drug-likeness (QED) is 0.585. The van der Waals surface area contributed by atoms with E-state index in [4.69, 9.17) is 10.4 Å². The standard InChI is InChI=1S/C14H19NO2/c15-11-13-9-7-12(8-10-13)5-3-1-2-4-6-14(16)17/h1-2,4,6,12-13H,3,5,7-10H2,(H,16,17). The third-order valence-corrected chi connectivity index (χ3v) is 3.26. The average molecular weight is 233 g/mol. The van der Waals surface area contributed by atoms with Crippen LogP contribution in [0.2, 0.25) is 0 Å². The number of rotatable bonds is 5. The third-order valence-electron chi connectivity index (χ3n) is 3.26. The van der Waals surface area contributed by atoms with Crippen molar-refractivity contribution in [3.63, 3.8) is 0 Å². The molecule has 0 bridgehead atoms. The number of hydrogen-bond acceptors (Lipinski definition) is 2. The smallest absolute Gasteiger partial charge is 0.328 e. The first kappa shape index (κ1) is 13.5. The van der Waals surface area contributed by atoms with Gasteiger partial charge in [-0.3, -0.25) is 0 Å². The Morgan fingerprint density at radius 2 is 2.00 bits per heavy atom. The normalized spacial score (nSPS) is 25.1. The van der Waals surface area contributed by atoms with E-state index >= 15 is 0 Å². The molecular weight excluding hydrogens is 214 g/mol. The molecule has 3 heteroatoms. The van der Waals surface area contributed by atoms with Crippen LogP contribution >= 0.6 is 0 Å². The van der Waals surface area contributed by atoms with Gasteiger partial charge in [-0.2, -0.15) is 5.26 Å². The molecule has 3 nitrogen and oxygen atoms in total. The molecule has 92 valence electrons. The van der Waals surface area contributed by atoms with Crippen LogP contribution in [-0.2, 0) is 4.79 Å². The van der Waals surface area contributed by atoms with Gasteiger partial charge in [0.2, 0.25) is 0 Å². The Morgan fingerprint density at radius 1 is 1.29 bits per heavy atom. The first-order chi connectivity index (χ1) is 8.22.